The summed E-state index contributed by atoms with van der Waals surface area (Å²) in [7, 11) is 0. The fourth-order valence-corrected chi connectivity index (χ4v) is 3.94. The minimum Gasteiger partial charge on any atom is -0.403 e. The standard InChI is InChI=1S/C17H15N3O4S/c1-2-9-8-13(21)23-16-14(9)15(22)18-17(19-16)24-20-11-5-6-12-10(11)4-3-7-25-12/h3-4,8H,2,5-7H2,1H3,(H,18,19,22)/b20-11+. The van der Waals surface area contributed by atoms with Crippen molar-refractivity contribution in [3.8, 4) is 6.01 Å². The van der Waals surface area contributed by atoms with E-state index in [4.69, 9.17) is 9.25 Å². The lowest BCUT2D eigenvalue weighted by Gasteiger charge is -2.07. The second-order valence-electron chi connectivity index (χ2n) is 5.67. The lowest BCUT2D eigenvalue weighted by molar-refractivity contribution is 0.310. The second-order valence-corrected chi connectivity index (χ2v) is 6.79. The fraction of sp³-hybridized carbons (Fsp3) is 0.294. The van der Waals surface area contributed by atoms with E-state index in [0.29, 0.717) is 12.0 Å². The first-order valence-electron chi connectivity index (χ1n) is 7.99. The third kappa shape index (κ3) is 2.93. The molecule has 7 nitrogen and oxygen atoms in total. The number of H-pyrrole nitrogens is 1. The van der Waals surface area contributed by atoms with Crippen LogP contribution in [0.2, 0.25) is 0 Å². The van der Waals surface area contributed by atoms with Crippen LogP contribution in [0.5, 0.6) is 6.01 Å². The third-order valence-corrected chi connectivity index (χ3v) is 5.27. The molecule has 0 radical (unpaired) electrons. The predicted molar refractivity (Wildman–Crippen MR) is 96.2 cm³/mol. The van der Waals surface area contributed by atoms with Gasteiger partial charge in [-0.1, -0.05) is 24.2 Å². The molecule has 1 N–H and O–H groups in total. The van der Waals surface area contributed by atoms with Crippen LogP contribution < -0.4 is 16.0 Å². The third-order valence-electron chi connectivity index (χ3n) is 4.14. The Morgan fingerprint density at radius 2 is 2.28 bits per heavy atom. The van der Waals surface area contributed by atoms with Gasteiger partial charge in [0.15, 0.2) is 0 Å². The molecule has 2 aliphatic rings. The number of oxime groups is 1. The molecule has 0 spiro atoms. The average Bonchev–Trinajstić information content (AvgIpc) is 3.02. The van der Waals surface area contributed by atoms with Crippen molar-refractivity contribution in [2.45, 2.75) is 26.2 Å². The topological polar surface area (TPSA) is 97.5 Å². The highest BCUT2D eigenvalue weighted by Gasteiger charge is 2.22. The minimum atomic E-state index is -0.547. The van der Waals surface area contributed by atoms with Crippen LogP contribution in [0.25, 0.3) is 11.1 Å². The fourth-order valence-electron chi connectivity index (χ4n) is 2.96. The predicted octanol–water partition coefficient (Wildman–Crippen LogP) is 2.52. The van der Waals surface area contributed by atoms with Crippen LogP contribution in [0.4, 0.5) is 0 Å². The lowest BCUT2D eigenvalue weighted by atomic mass is 10.1. The van der Waals surface area contributed by atoms with Crippen molar-refractivity contribution in [2.24, 2.45) is 5.16 Å². The number of aryl methyl sites for hydroxylation is 1. The van der Waals surface area contributed by atoms with Gasteiger partial charge in [-0.25, -0.2) is 4.79 Å². The van der Waals surface area contributed by atoms with Crippen LogP contribution in [0.1, 0.15) is 25.3 Å². The Morgan fingerprint density at radius 3 is 3.12 bits per heavy atom. The number of thioether (sulfide) groups is 1. The summed E-state index contributed by atoms with van der Waals surface area (Å²) >= 11 is 1.80. The number of rotatable bonds is 3. The summed E-state index contributed by atoms with van der Waals surface area (Å²) in [6.07, 6.45) is 6.39. The molecule has 2 aromatic rings. The van der Waals surface area contributed by atoms with Crippen molar-refractivity contribution in [3.63, 3.8) is 0 Å². The highest BCUT2D eigenvalue weighted by atomic mass is 32.2. The lowest BCUT2D eigenvalue weighted by Crippen LogP contribution is -2.14. The molecule has 0 amide bonds. The van der Waals surface area contributed by atoms with E-state index in [9.17, 15) is 9.59 Å². The van der Waals surface area contributed by atoms with Gasteiger partial charge in [0, 0.05) is 17.4 Å². The highest BCUT2D eigenvalue weighted by Crippen LogP contribution is 2.36. The number of hydrogen-bond acceptors (Lipinski definition) is 7. The number of aromatic nitrogens is 2. The van der Waals surface area contributed by atoms with Gasteiger partial charge in [0.25, 0.3) is 5.56 Å². The van der Waals surface area contributed by atoms with Crippen LogP contribution in [0, 0.1) is 0 Å². The molecule has 0 bridgehead atoms. The monoisotopic (exact) mass is 357 g/mol. The molecule has 0 saturated heterocycles. The highest BCUT2D eigenvalue weighted by molar-refractivity contribution is 8.03. The molecule has 25 heavy (non-hydrogen) atoms. The molecular weight excluding hydrogens is 342 g/mol. The van der Waals surface area contributed by atoms with Gasteiger partial charge in [0.05, 0.1) is 5.71 Å². The minimum absolute atomic E-state index is 0.0391. The van der Waals surface area contributed by atoms with Crippen molar-refractivity contribution in [1.29, 1.82) is 0 Å². The summed E-state index contributed by atoms with van der Waals surface area (Å²) in [6.45, 7) is 1.85. The molecule has 2 aromatic heterocycles. The second kappa shape index (κ2) is 6.36. The number of nitrogens with one attached hydrogen (secondary N) is 1. The Hall–Kier alpha value is -2.61. The van der Waals surface area contributed by atoms with Crippen LogP contribution in [0.3, 0.4) is 0 Å². The molecule has 0 fully saturated rings. The van der Waals surface area contributed by atoms with Gasteiger partial charge in [0.2, 0.25) is 5.71 Å². The molecule has 0 saturated carbocycles. The Labute approximate surface area is 146 Å². The van der Waals surface area contributed by atoms with E-state index in [-0.39, 0.29) is 17.1 Å². The van der Waals surface area contributed by atoms with E-state index >= 15 is 0 Å². The van der Waals surface area contributed by atoms with Crippen LogP contribution in [-0.2, 0) is 6.42 Å². The molecule has 1 aliphatic carbocycles. The molecule has 3 heterocycles. The number of aromatic amines is 1. The largest absolute Gasteiger partial charge is 0.403 e. The number of hydrogen-bond donors (Lipinski definition) is 1. The molecule has 4 rings (SSSR count). The van der Waals surface area contributed by atoms with Crippen molar-refractivity contribution in [3.05, 3.63) is 55.0 Å². The van der Waals surface area contributed by atoms with Gasteiger partial charge in [-0.05, 0) is 29.7 Å². The van der Waals surface area contributed by atoms with E-state index in [1.54, 1.807) is 11.8 Å². The van der Waals surface area contributed by atoms with Crippen molar-refractivity contribution < 1.29 is 9.25 Å². The Kier molecular flexibility index (Phi) is 4.04. The first-order chi connectivity index (χ1) is 12.2. The van der Waals surface area contributed by atoms with Crippen molar-refractivity contribution in [2.75, 3.05) is 5.75 Å². The summed E-state index contributed by atoms with van der Waals surface area (Å²) in [6, 6.07) is 1.21. The first kappa shape index (κ1) is 15.9. The Morgan fingerprint density at radius 1 is 1.40 bits per heavy atom. The molecule has 128 valence electrons. The van der Waals surface area contributed by atoms with Crippen LogP contribution in [-0.4, -0.2) is 21.4 Å². The number of allylic oxidation sites excluding steroid dienone is 3. The van der Waals surface area contributed by atoms with Gasteiger partial charge in [-0.15, -0.1) is 11.8 Å². The summed E-state index contributed by atoms with van der Waals surface area (Å²) in [5.41, 5.74) is 1.50. The zero-order valence-corrected chi connectivity index (χ0v) is 14.3. The summed E-state index contributed by atoms with van der Waals surface area (Å²) < 4.78 is 5.04. The maximum absolute atomic E-state index is 12.3. The zero-order valence-electron chi connectivity index (χ0n) is 13.5. The van der Waals surface area contributed by atoms with E-state index in [0.717, 1.165) is 29.9 Å². The van der Waals surface area contributed by atoms with E-state index in [1.165, 1.54) is 11.0 Å². The van der Waals surface area contributed by atoms with Gasteiger partial charge >= 0.3 is 11.6 Å². The van der Waals surface area contributed by atoms with Gasteiger partial charge < -0.3 is 9.25 Å². The summed E-state index contributed by atoms with van der Waals surface area (Å²) in [5, 5.41) is 4.40. The van der Waals surface area contributed by atoms with E-state index in [1.807, 2.05) is 13.0 Å². The van der Waals surface area contributed by atoms with Crippen LogP contribution >= 0.6 is 11.8 Å². The first-order valence-corrected chi connectivity index (χ1v) is 8.98. The van der Waals surface area contributed by atoms with Gasteiger partial charge in [-0.2, -0.15) is 4.98 Å². The van der Waals surface area contributed by atoms with E-state index < -0.39 is 11.2 Å². The van der Waals surface area contributed by atoms with Crippen LogP contribution in [0.15, 0.2) is 47.9 Å². The van der Waals surface area contributed by atoms with Crippen molar-refractivity contribution >= 4 is 28.6 Å². The molecule has 0 atom stereocenters. The molecule has 1 aliphatic heterocycles. The summed E-state index contributed by atoms with van der Waals surface area (Å²) in [5.74, 6) is 0.977. The summed E-state index contributed by atoms with van der Waals surface area (Å²) in [4.78, 5) is 37.2. The Bertz CT molecular complexity index is 1060. The number of nitrogens with zero attached hydrogens (tertiary/aromatic N) is 2. The maximum Gasteiger partial charge on any atom is 0.337 e. The zero-order chi connectivity index (χ0) is 17.4. The maximum atomic E-state index is 12.3. The van der Waals surface area contributed by atoms with Gasteiger partial charge in [-0.3, -0.25) is 9.78 Å². The quantitative estimate of drug-likeness (QED) is 0.848. The van der Waals surface area contributed by atoms with E-state index in [2.05, 4.69) is 21.2 Å². The number of fused-ring (bicyclic) bond motifs is 1. The molecule has 0 aromatic carbocycles. The SMILES string of the molecule is CCc1cc(=O)oc2nc(O/N=C3\CCC4=C3C=CCS4)[nH]c(=O)c12. The van der Waals surface area contributed by atoms with Gasteiger partial charge in [0.1, 0.15) is 5.39 Å². The smallest absolute Gasteiger partial charge is 0.337 e. The molecular formula is C17H15N3O4S. The Balaban J connectivity index is 1.70. The van der Waals surface area contributed by atoms with Crippen molar-refractivity contribution in [1.82, 2.24) is 9.97 Å². The molecule has 0 unspecified atom stereocenters. The normalized spacial score (nSPS) is 18.2. The molecule has 8 heteroatoms. The average molecular weight is 357 g/mol.